The summed E-state index contributed by atoms with van der Waals surface area (Å²) in [7, 11) is 0. The van der Waals surface area contributed by atoms with E-state index in [0.717, 1.165) is 31.5 Å². The van der Waals surface area contributed by atoms with Crippen LogP contribution in [0.5, 0.6) is 0 Å². The fourth-order valence-corrected chi connectivity index (χ4v) is 3.42. The van der Waals surface area contributed by atoms with E-state index in [4.69, 9.17) is 4.74 Å². The number of likely N-dealkylation sites (N-methyl/N-ethyl adjacent to an activating group) is 1. The Labute approximate surface area is 135 Å². The second-order valence-corrected chi connectivity index (χ2v) is 6.30. The highest BCUT2D eigenvalue weighted by atomic mass is 16.6. The van der Waals surface area contributed by atoms with E-state index in [1.165, 1.54) is 0 Å². The first kappa shape index (κ1) is 15.8. The van der Waals surface area contributed by atoms with Gasteiger partial charge in [-0.1, -0.05) is 18.2 Å². The Bertz CT molecular complexity index is 608. The number of carbonyl (C=O) groups excluding carboxylic acids is 1. The minimum Gasteiger partial charge on any atom is -0.478 e. The summed E-state index contributed by atoms with van der Waals surface area (Å²) >= 11 is 0. The lowest BCUT2D eigenvalue weighted by atomic mass is 9.91. The molecule has 0 atom stereocenters. The molecular formula is C17H22N2O4. The van der Waals surface area contributed by atoms with Crippen molar-refractivity contribution in [3.8, 4) is 0 Å². The van der Waals surface area contributed by atoms with E-state index < -0.39 is 5.97 Å². The Morgan fingerprint density at radius 3 is 2.61 bits per heavy atom. The number of aromatic carboxylic acids is 1. The number of hydrogen-bond acceptors (Lipinski definition) is 4. The van der Waals surface area contributed by atoms with Crippen LogP contribution in [0.2, 0.25) is 0 Å². The molecule has 0 aliphatic carbocycles. The van der Waals surface area contributed by atoms with Crippen LogP contribution in [-0.4, -0.2) is 58.7 Å². The van der Waals surface area contributed by atoms with Gasteiger partial charge in [-0.15, -0.1) is 0 Å². The smallest absolute Gasteiger partial charge is 0.410 e. The molecule has 2 aliphatic heterocycles. The number of carboxylic acid groups (broad SMARTS) is 1. The van der Waals surface area contributed by atoms with E-state index in [9.17, 15) is 14.7 Å². The first-order chi connectivity index (χ1) is 11.0. The third-order valence-electron chi connectivity index (χ3n) is 4.83. The van der Waals surface area contributed by atoms with Crippen LogP contribution in [-0.2, 0) is 11.3 Å². The number of benzene rings is 1. The summed E-state index contributed by atoms with van der Waals surface area (Å²) in [5, 5.41) is 9.27. The van der Waals surface area contributed by atoms with Gasteiger partial charge in [0.2, 0.25) is 0 Å². The minimum atomic E-state index is -0.891. The summed E-state index contributed by atoms with van der Waals surface area (Å²) in [6, 6.07) is 7.11. The van der Waals surface area contributed by atoms with Crippen molar-refractivity contribution < 1.29 is 19.4 Å². The van der Waals surface area contributed by atoms with Gasteiger partial charge in [-0.25, -0.2) is 9.59 Å². The molecule has 2 heterocycles. The van der Waals surface area contributed by atoms with Crippen molar-refractivity contribution in [2.75, 3.05) is 26.2 Å². The van der Waals surface area contributed by atoms with E-state index in [2.05, 4.69) is 4.90 Å². The number of nitrogens with zero attached hydrogens (tertiary/aromatic N) is 2. The lowest BCUT2D eigenvalue weighted by molar-refractivity contribution is -0.00136. The van der Waals surface area contributed by atoms with Crippen molar-refractivity contribution in [2.24, 2.45) is 0 Å². The Morgan fingerprint density at radius 2 is 2.00 bits per heavy atom. The largest absolute Gasteiger partial charge is 0.478 e. The summed E-state index contributed by atoms with van der Waals surface area (Å²) in [6.45, 7) is 5.53. The maximum Gasteiger partial charge on any atom is 0.410 e. The number of piperidine rings is 1. The highest BCUT2D eigenvalue weighted by molar-refractivity contribution is 5.89. The molecule has 124 valence electrons. The van der Waals surface area contributed by atoms with Gasteiger partial charge in [0.05, 0.1) is 12.1 Å². The van der Waals surface area contributed by atoms with Crippen molar-refractivity contribution in [1.82, 2.24) is 9.80 Å². The molecule has 1 N–H and O–H groups in total. The molecule has 1 amide bonds. The van der Waals surface area contributed by atoms with E-state index in [0.29, 0.717) is 25.2 Å². The van der Waals surface area contributed by atoms with Crippen LogP contribution in [0.4, 0.5) is 4.79 Å². The van der Waals surface area contributed by atoms with Crippen molar-refractivity contribution in [3.63, 3.8) is 0 Å². The standard InChI is InChI=1S/C17H22N2O4/c1-2-19-12-17(23-16(19)22)7-9-18(10-8-17)11-13-5-3-4-6-14(13)15(20)21/h3-6H,2,7-12H2,1H3,(H,20,21). The van der Waals surface area contributed by atoms with Gasteiger partial charge >= 0.3 is 12.1 Å². The van der Waals surface area contributed by atoms with Gasteiger partial charge in [-0.2, -0.15) is 0 Å². The van der Waals surface area contributed by atoms with E-state index in [-0.39, 0.29) is 11.7 Å². The average molecular weight is 318 g/mol. The quantitative estimate of drug-likeness (QED) is 0.921. The Hall–Kier alpha value is -2.08. The number of rotatable bonds is 4. The first-order valence-electron chi connectivity index (χ1n) is 8.04. The molecule has 6 heteroatoms. The predicted octanol–water partition coefficient (Wildman–Crippen LogP) is 2.19. The number of ether oxygens (including phenoxy) is 1. The Kier molecular flexibility index (Phi) is 4.26. The first-order valence-corrected chi connectivity index (χ1v) is 8.04. The molecule has 6 nitrogen and oxygen atoms in total. The molecular weight excluding hydrogens is 296 g/mol. The van der Waals surface area contributed by atoms with Crippen molar-refractivity contribution in [3.05, 3.63) is 35.4 Å². The monoisotopic (exact) mass is 318 g/mol. The fraction of sp³-hybridized carbons (Fsp3) is 0.529. The van der Waals surface area contributed by atoms with Gasteiger partial charge in [0.1, 0.15) is 5.60 Å². The third kappa shape index (κ3) is 3.17. The SMILES string of the molecule is CCN1CC2(CCN(Cc3ccccc3C(=O)O)CC2)OC1=O. The van der Waals surface area contributed by atoms with Crippen LogP contribution in [0.15, 0.2) is 24.3 Å². The Morgan fingerprint density at radius 1 is 1.30 bits per heavy atom. The number of amides is 1. The van der Waals surface area contributed by atoms with E-state index >= 15 is 0 Å². The highest BCUT2D eigenvalue weighted by Crippen LogP contribution is 2.33. The zero-order chi connectivity index (χ0) is 16.4. The fourth-order valence-electron chi connectivity index (χ4n) is 3.42. The summed E-state index contributed by atoms with van der Waals surface area (Å²) in [4.78, 5) is 27.1. The molecule has 1 aromatic rings. The van der Waals surface area contributed by atoms with Crippen LogP contribution >= 0.6 is 0 Å². The van der Waals surface area contributed by atoms with Crippen LogP contribution < -0.4 is 0 Å². The van der Waals surface area contributed by atoms with Gasteiger partial charge in [0.25, 0.3) is 0 Å². The van der Waals surface area contributed by atoms with Crippen LogP contribution in [0.3, 0.4) is 0 Å². The molecule has 23 heavy (non-hydrogen) atoms. The second kappa shape index (κ2) is 6.20. The molecule has 1 aromatic carbocycles. The lowest BCUT2D eigenvalue weighted by Gasteiger charge is -2.37. The lowest BCUT2D eigenvalue weighted by Crippen LogP contribution is -2.46. The van der Waals surface area contributed by atoms with Gasteiger partial charge < -0.3 is 14.7 Å². The maximum atomic E-state index is 11.8. The van der Waals surface area contributed by atoms with Crippen molar-refractivity contribution >= 4 is 12.1 Å². The van der Waals surface area contributed by atoms with E-state index in [1.54, 1.807) is 17.0 Å². The van der Waals surface area contributed by atoms with Gasteiger partial charge in [-0.3, -0.25) is 4.90 Å². The van der Waals surface area contributed by atoms with Gasteiger partial charge in [0.15, 0.2) is 0 Å². The molecule has 1 spiro atoms. The maximum absolute atomic E-state index is 11.8. The molecule has 0 bridgehead atoms. The highest BCUT2D eigenvalue weighted by Gasteiger charge is 2.46. The number of likely N-dealkylation sites (tertiary alicyclic amines) is 1. The van der Waals surface area contributed by atoms with Crippen LogP contribution in [0.25, 0.3) is 0 Å². The average Bonchev–Trinajstić information content (AvgIpc) is 2.86. The van der Waals surface area contributed by atoms with E-state index in [1.807, 2.05) is 19.1 Å². The molecule has 0 unspecified atom stereocenters. The third-order valence-corrected chi connectivity index (χ3v) is 4.83. The van der Waals surface area contributed by atoms with Crippen LogP contribution in [0, 0.1) is 0 Å². The summed E-state index contributed by atoms with van der Waals surface area (Å²) in [5.41, 5.74) is 0.836. The van der Waals surface area contributed by atoms with Crippen LogP contribution in [0.1, 0.15) is 35.7 Å². The van der Waals surface area contributed by atoms with Gasteiger partial charge in [-0.05, 0) is 18.6 Å². The number of hydrogen-bond donors (Lipinski definition) is 1. The summed E-state index contributed by atoms with van der Waals surface area (Å²) in [6.07, 6.45) is 1.38. The Balaban J connectivity index is 1.62. The molecule has 2 fully saturated rings. The number of carbonyl (C=O) groups is 2. The molecule has 2 saturated heterocycles. The second-order valence-electron chi connectivity index (χ2n) is 6.30. The zero-order valence-corrected chi connectivity index (χ0v) is 13.3. The molecule has 0 saturated carbocycles. The zero-order valence-electron chi connectivity index (χ0n) is 13.3. The minimum absolute atomic E-state index is 0.211. The normalized spacial score (nSPS) is 20.7. The van der Waals surface area contributed by atoms with Crippen molar-refractivity contribution in [1.29, 1.82) is 0 Å². The topological polar surface area (TPSA) is 70.1 Å². The molecule has 3 rings (SSSR count). The summed E-state index contributed by atoms with van der Waals surface area (Å²) < 4.78 is 5.62. The molecule has 0 aromatic heterocycles. The number of carboxylic acids is 1. The predicted molar refractivity (Wildman–Crippen MR) is 84.4 cm³/mol. The molecule has 0 radical (unpaired) electrons. The molecule has 2 aliphatic rings. The van der Waals surface area contributed by atoms with Crippen molar-refractivity contribution in [2.45, 2.75) is 31.9 Å². The summed E-state index contributed by atoms with van der Waals surface area (Å²) in [5.74, 6) is -0.891. The van der Waals surface area contributed by atoms with Gasteiger partial charge in [0, 0.05) is 39.0 Å².